The standard InChI is InChI=1S/C17H30N4O2/c1-13(22)19(2)15-6-9-20(12-15)10-11-21-14-4-3-7-17(21,8-5-14)16(18)23/h14-15H,3-12H2,1-2H3,(H2,18,23)/t14-,15+,17+/m1/s1. The molecule has 0 saturated carbocycles. The molecule has 0 spiro atoms. The Morgan fingerprint density at radius 3 is 2.70 bits per heavy atom. The number of amides is 2. The van der Waals surface area contributed by atoms with E-state index in [9.17, 15) is 9.59 Å². The van der Waals surface area contributed by atoms with Crippen LogP contribution in [0.5, 0.6) is 0 Å². The van der Waals surface area contributed by atoms with E-state index in [0.29, 0.717) is 12.1 Å². The monoisotopic (exact) mass is 322 g/mol. The SMILES string of the molecule is CC(=O)N(C)[C@H]1CCN(CCN2[C@@H]3CCC[C@@]2(C(N)=O)CC3)C1. The lowest BCUT2D eigenvalue weighted by Crippen LogP contribution is -2.59. The first-order valence-corrected chi connectivity index (χ1v) is 8.96. The molecule has 0 aliphatic carbocycles. The molecule has 6 nitrogen and oxygen atoms in total. The average Bonchev–Trinajstić information content (AvgIpc) is 3.05. The highest BCUT2D eigenvalue weighted by atomic mass is 16.2. The number of rotatable bonds is 5. The van der Waals surface area contributed by atoms with E-state index in [2.05, 4.69) is 9.80 Å². The van der Waals surface area contributed by atoms with E-state index >= 15 is 0 Å². The van der Waals surface area contributed by atoms with Crippen molar-refractivity contribution >= 4 is 11.8 Å². The Bertz CT molecular complexity index is 479. The zero-order chi connectivity index (χ0) is 16.6. The van der Waals surface area contributed by atoms with Crippen LogP contribution >= 0.6 is 0 Å². The van der Waals surface area contributed by atoms with Crippen molar-refractivity contribution in [2.75, 3.05) is 33.2 Å². The molecule has 3 fully saturated rings. The van der Waals surface area contributed by atoms with Crippen LogP contribution in [0.1, 0.15) is 45.4 Å². The Labute approximate surface area is 139 Å². The molecule has 3 saturated heterocycles. The van der Waals surface area contributed by atoms with Crippen molar-refractivity contribution in [3.8, 4) is 0 Å². The third-order valence-electron chi connectivity index (χ3n) is 6.42. The van der Waals surface area contributed by atoms with E-state index in [4.69, 9.17) is 5.73 Å². The van der Waals surface area contributed by atoms with Crippen molar-refractivity contribution in [2.24, 2.45) is 5.73 Å². The van der Waals surface area contributed by atoms with Crippen molar-refractivity contribution in [1.82, 2.24) is 14.7 Å². The number of nitrogens with two attached hydrogens (primary N) is 1. The molecule has 2 amide bonds. The topological polar surface area (TPSA) is 69.9 Å². The van der Waals surface area contributed by atoms with Crippen LogP contribution < -0.4 is 5.73 Å². The summed E-state index contributed by atoms with van der Waals surface area (Å²) in [4.78, 5) is 30.3. The highest BCUT2D eigenvalue weighted by Crippen LogP contribution is 2.43. The van der Waals surface area contributed by atoms with Crippen LogP contribution in [0.25, 0.3) is 0 Å². The third-order valence-corrected chi connectivity index (χ3v) is 6.42. The number of likely N-dealkylation sites (N-methyl/N-ethyl adjacent to an activating group) is 1. The zero-order valence-corrected chi connectivity index (χ0v) is 14.5. The molecule has 3 aliphatic heterocycles. The summed E-state index contributed by atoms with van der Waals surface area (Å²) in [6, 6.07) is 0.866. The van der Waals surface area contributed by atoms with E-state index in [-0.39, 0.29) is 17.4 Å². The Hall–Kier alpha value is -1.14. The second-order valence-corrected chi connectivity index (χ2v) is 7.55. The van der Waals surface area contributed by atoms with Crippen molar-refractivity contribution in [2.45, 2.75) is 63.1 Å². The van der Waals surface area contributed by atoms with Crippen LogP contribution in [0, 0.1) is 0 Å². The van der Waals surface area contributed by atoms with Gasteiger partial charge in [0.2, 0.25) is 11.8 Å². The van der Waals surface area contributed by atoms with Gasteiger partial charge in [-0.15, -0.1) is 0 Å². The minimum absolute atomic E-state index is 0.129. The predicted octanol–water partition coefficient (Wildman–Crippen LogP) is 0.411. The number of likely N-dealkylation sites (tertiary alicyclic amines) is 1. The molecule has 0 unspecified atom stereocenters. The van der Waals surface area contributed by atoms with Crippen LogP contribution in [-0.4, -0.2) is 77.4 Å². The maximum absolute atomic E-state index is 12.1. The number of hydrogen-bond donors (Lipinski definition) is 1. The van der Waals surface area contributed by atoms with Gasteiger partial charge in [-0.05, 0) is 38.5 Å². The number of fused-ring (bicyclic) bond motifs is 2. The fourth-order valence-corrected chi connectivity index (χ4v) is 4.88. The number of hydrogen-bond acceptors (Lipinski definition) is 4. The van der Waals surface area contributed by atoms with E-state index < -0.39 is 0 Å². The Kier molecular flexibility index (Phi) is 4.65. The molecular weight excluding hydrogens is 292 g/mol. The first kappa shape index (κ1) is 16.7. The fraction of sp³-hybridized carbons (Fsp3) is 0.882. The van der Waals surface area contributed by atoms with Crippen molar-refractivity contribution in [3.05, 3.63) is 0 Å². The lowest BCUT2D eigenvalue weighted by molar-refractivity contribution is -0.132. The quantitative estimate of drug-likeness (QED) is 0.796. The predicted molar refractivity (Wildman–Crippen MR) is 88.8 cm³/mol. The van der Waals surface area contributed by atoms with Crippen molar-refractivity contribution < 1.29 is 9.59 Å². The number of primary amides is 1. The number of piperidine rings is 1. The highest BCUT2D eigenvalue weighted by Gasteiger charge is 2.52. The van der Waals surface area contributed by atoms with Crippen LogP contribution in [0.3, 0.4) is 0 Å². The van der Waals surface area contributed by atoms with E-state index in [1.807, 2.05) is 11.9 Å². The van der Waals surface area contributed by atoms with Gasteiger partial charge >= 0.3 is 0 Å². The average molecular weight is 322 g/mol. The van der Waals surface area contributed by atoms with E-state index in [0.717, 1.165) is 58.3 Å². The Morgan fingerprint density at radius 1 is 1.22 bits per heavy atom. The van der Waals surface area contributed by atoms with Gasteiger partial charge in [0.05, 0.1) is 0 Å². The Morgan fingerprint density at radius 2 is 2.00 bits per heavy atom. The summed E-state index contributed by atoms with van der Waals surface area (Å²) in [5, 5.41) is 0. The largest absolute Gasteiger partial charge is 0.368 e. The van der Waals surface area contributed by atoms with E-state index in [1.54, 1.807) is 6.92 Å². The molecular formula is C17H30N4O2. The summed E-state index contributed by atoms with van der Waals surface area (Å²) < 4.78 is 0. The van der Waals surface area contributed by atoms with Crippen LogP contribution in [-0.2, 0) is 9.59 Å². The smallest absolute Gasteiger partial charge is 0.237 e. The lowest BCUT2D eigenvalue weighted by Gasteiger charge is -2.43. The second-order valence-electron chi connectivity index (χ2n) is 7.55. The molecule has 6 heteroatoms. The molecule has 0 aromatic heterocycles. The van der Waals surface area contributed by atoms with Gasteiger partial charge in [-0.25, -0.2) is 0 Å². The fourth-order valence-electron chi connectivity index (χ4n) is 4.88. The first-order valence-electron chi connectivity index (χ1n) is 8.96. The van der Waals surface area contributed by atoms with Gasteiger partial charge in [0.25, 0.3) is 0 Å². The van der Waals surface area contributed by atoms with Gasteiger partial charge < -0.3 is 10.6 Å². The maximum Gasteiger partial charge on any atom is 0.237 e. The van der Waals surface area contributed by atoms with E-state index in [1.165, 1.54) is 6.42 Å². The van der Waals surface area contributed by atoms with Crippen LogP contribution in [0.15, 0.2) is 0 Å². The summed E-state index contributed by atoms with van der Waals surface area (Å²) >= 11 is 0. The van der Waals surface area contributed by atoms with Crippen molar-refractivity contribution in [1.29, 1.82) is 0 Å². The second kappa shape index (κ2) is 6.40. The molecule has 23 heavy (non-hydrogen) atoms. The van der Waals surface area contributed by atoms with Gasteiger partial charge in [0.1, 0.15) is 5.54 Å². The molecule has 3 rings (SSSR count). The molecule has 3 heterocycles. The zero-order valence-electron chi connectivity index (χ0n) is 14.5. The normalized spacial score (nSPS) is 34.7. The molecule has 3 atom stereocenters. The van der Waals surface area contributed by atoms with Crippen molar-refractivity contribution in [3.63, 3.8) is 0 Å². The van der Waals surface area contributed by atoms with Gasteiger partial charge in [0.15, 0.2) is 0 Å². The van der Waals surface area contributed by atoms with Gasteiger partial charge in [-0.3, -0.25) is 19.4 Å². The van der Waals surface area contributed by atoms with Crippen LogP contribution in [0.2, 0.25) is 0 Å². The number of carbonyl (C=O) groups excluding carboxylic acids is 2. The highest BCUT2D eigenvalue weighted by molar-refractivity contribution is 5.85. The van der Waals surface area contributed by atoms with Gasteiger partial charge in [-0.1, -0.05) is 0 Å². The molecule has 0 aromatic carbocycles. The Balaban J connectivity index is 1.56. The van der Waals surface area contributed by atoms with Crippen LogP contribution in [0.4, 0.5) is 0 Å². The molecule has 0 aromatic rings. The molecule has 2 bridgehead atoms. The lowest BCUT2D eigenvalue weighted by atomic mass is 9.87. The summed E-state index contributed by atoms with van der Waals surface area (Å²) in [7, 11) is 1.89. The summed E-state index contributed by atoms with van der Waals surface area (Å²) in [5.41, 5.74) is 5.39. The number of nitrogens with zero attached hydrogens (tertiary/aromatic N) is 3. The van der Waals surface area contributed by atoms with Gasteiger partial charge in [0, 0.05) is 52.2 Å². The molecule has 0 radical (unpaired) electrons. The maximum atomic E-state index is 12.1. The third kappa shape index (κ3) is 2.98. The molecule has 3 aliphatic rings. The first-order chi connectivity index (χ1) is 10.9. The molecule has 130 valence electrons. The minimum atomic E-state index is -0.377. The summed E-state index contributed by atoms with van der Waals surface area (Å²) in [6.45, 7) is 5.49. The van der Waals surface area contributed by atoms with Gasteiger partial charge in [-0.2, -0.15) is 0 Å². The molecule has 2 N–H and O–H groups in total. The summed E-state index contributed by atoms with van der Waals surface area (Å²) in [6.07, 6.45) is 6.33. The number of carbonyl (C=O) groups is 2. The minimum Gasteiger partial charge on any atom is -0.368 e. The summed E-state index contributed by atoms with van der Waals surface area (Å²) in [5.74, 6) is 0.00826.